The highest BCUT2D eigenvalue weighted by atomic mass is 35.5. The van der Waals surface area contributed by atoms with E-state index in [1.165, 1.54) is 12.5 Å². The van der Waals surface area contributed by atoms with Crippen molar-refractivity contribution in [3.8, 4) is 5.75 Å². The summed E-state index contributed by atoms with van der Waals surface area (Å²) in [6.45, 7) is -0.0131. The Labute approximate surface area is 118 Å². The smallest absolute Gasteiger partial charge is 0.339 e. The van der Waals surface area contributed by atoms with Gasteiger partial charge in [-0.05, 0) is 18.2 Å². The van der Waals surface area contributed by atoms with E-state index in [4.69, 9.17) is 33.0 Å². The number of halogens is 2. The zero-order valence-electron chi connectivity index (χ0n) is 9.51. The van der Waals surface area contributed by atoms with E-state index in [1.807, 2.05) is 0 Å². The monoisotopic (exact) mass is 298 g/mol. The Morgan fingerprint density at radius 2 is 1.95 bits per heavy atom. The van der Waals surface area contributed by atoms with E-state index in [-0.39, 0.29) is 17.9 Å². The zero-order chi connectivity index (χ0) is 13.8. The van der Waals surface area contributed by atoms with Gasteiger partial charge in [0.1, 0.15) is 24.2 Å². The predicted molar refractivity (Wildman–Crippen MR) is 69.8 cm³/mol. The largest absolute Gasteiger partial charge is 0.487 e. The van der Waals surface area contributed by atoms with Crippen molar-refractivity contribution in [2.45, 2.75) is 6.61 Å². The van der Waals surface area contributed by atoms with Crippen LogP contribution in [0.25, 0.3) is 0 Å². The second-order valence-electron chi connectivity index (χ2n) is 3.58. The van der Waals surface area contributed by atoms with E-state index in [0.29, 0.717) is 15.8 Å². The van der Waals surface area contributed by atoms with Gasteiger partial charge in [0.05, 0.1) is 5.69 Å². The summed E-state index contributed by atoms with van der Waals surface area (Å²) in [7, 11) is 0. The Bertz CT molecular complexity index is 599. The summed E-state index contributed by atoms with van der Waals surface area (Å²) >= 11 is 11.7. The molecule has 0 unspecified atom stereocenters. The molecule has 0 aliphatic heterocycles. The van der Waals surface area contributed by atoms with E-state index in [1.54, 1.807) is 18.2 Å². The van der Waals surface area contributed by atoms with Gasteiger partial charge >= 0.3 is 5.97 Å². The predicted octanol–water partition coefficient (Wildman–Crippen LogP) is 3.06. The van der Waals surface area contributed by atoms with Crippen LogP contribution in [0.4, 0.5) is 0 Å². The van der Waals surface area contributed by atoms with Gasteiger partial charge in [-0.1, -0.05) is 23.2 Å². The molecule has 0 aliphatic carbocycles. The van der Waals surface area contributed by atoms with Crippen LogP contribution in [0.1, 0.15) is 16.1 Å². The molecule has 1 aromatic carbocycles. The van der Waals surface area contributed by atoms with Gasteiger partial charge < -0.3 is 9.84 Å². The number of hydrogen-bond donors (Lipinski definition) is 1. The number of aromatic nitrogens is 2. The lowest BCUT2D eigenvalue weighted by Crippen LogP contribution is -2.08. The molecule has 0 aliphatic rings. The SMILES string of the molecule is O=C(O)c1cncnc1COc1cc(Cl)cc(Cl)c1. The molecule has 1 N–H and O–H groups in total. The van der Waals surface area contributed by atoms with Crippen molar-refractivity contribution in [1.82, 2.24) is 9.97 Å². The third-order valence-electron chi connectivity index (χ3n) is 2.24. The van der Waals surface area contributed by atoms with E-state index >= 15 is 0 Å². The molecule has 1 aromatic heterocycles. The molecule has 0 amide bonds. The van der Waals surface area contributed by atoms with E-state index in [0.717, 1.165) is 0 Å². The van der Waals surface area contributed by atoms with Crippen LogP contribution in [0.2, 0.25) is 10.0 Å². The molecule has 2 rings (SSSR count). The molecule has 5 nitrogen and oxygen atoms in total. The number of carboxylic acids is 1. The van der Waals surface area contributed by atoms with Crippen LogP contribution in [0, 0.1) is 0 Å². The maximum absolute atomic E-state index is 11.0. The van der Waals surface area contributed by atoms with Crippen LogP contribution >= 0.6 is 23.2 Å². The fraction of sp³-hybridized carbons (Fsp3) is 0.0833. The van der Waals surface area contributed by atoms with Crippen LogP contribution in [-0.2, 0) is 6.61 Å². The lowest BCUT2D eigenvalue weighted by atomic mass is 10.2. The van der Waals surface area contributed by atoms with Crippen LogP contribution in [-0.4, -0.2) is 21.0 Å². The van der Waals surface area contributed by atoms with Crippen LogP contribution in [0.15, 0.2) is 30.7 Å². The number of ether oxygens (including phenoxy) is 1. The Kier molecular flexibility index (Phi) is 4.19. The summed E-state index contributed by atoms with van der Waals surface area (Å²) in [5, 5.41) is 9.84. The third-order valence-corrected chi connectivity index (χ3v) is 2.67. The molecule has 0 saturated heterocycles. The Balaban J connectivity index is 2.16. The van der Waals surface area contributed by atoms with Gasteiger partial charge in [0, 0.05) is 16.2 Å². The van der Waals surface area contributed by atoms with Crippen molar-refractivity contribution in [2.24, 2.45) is 0 Å². The topological polar surface area (TPSA) is 72.3 Å². The molecule has 19 heavy (non-hydrogen) atoms. The maximum Gasteiger partial charge on any atom is 0.339 e. The first-order chi connectivity index (χ1) is 9.06. The van der Waals surface area contributed by atoms with Crippen molar-refractivity contribution < 1.29 is 14.6 Å². The van der Waals surface area contributed by atoms with Crippen molar-refractivity contribution >= 4 is 29.2 Å². The number of carboxylic acid groups (broad SMARTS) is 1. The summed E-state index contributed by atoms with van der Waals surface area (Å²) in [6.07, 6.45) is 2.48. The second kappa shape index (κ2) is 5.86. The Morgan fingerprint density at radius 3 is 2.58 bits per heavy atom. The Morgan fingerprint density at radius 1 is 1.26 bits per heavy atom. The molecular formula is C12H8Cl2N2O3. The molecular weight excluding hydrogens is 291 g/mol. The molecule has 7 heteroatoms. The molecule has 0 spiro atoms. The highest BCUT2D eigenvalue weighted by molar-refractivity contribution is 6.34. The highest BCUT2D eigenvalue weighted by Crippen LogP contribution is 2.24. The quantitative estimate of drug-likeness (QED) is 0.939. The lowest BCUT2D eigenvalue weighted by Gasteiger charge is -2.08. The second-order valence-corrected chi connectivity index (χ2v) is 4.45. The average Bonchev–Trinajstić information content (AvgIpc) is 2.35. The Hall–Kier alpha value is -1.85. The number of nitrogens with zero attached hydrogens (tertiary/aromatic N) is 2. The van der Waals surface area contributed by atoms with E-state index in [9.17, 15) is 4.79 Å². The molecule has 0 bridgehead atoms. The lowest BCUT2D eigenvalue weighted by molar-refractivity contribution is 0.0692. The third kappa shape index (κ3) is 3.56. The molecule has 98 valence electrons. The number of aromatic carboxylic acids is 1. The summed E-state index contributed by atoms with van der Waals surface area (Å²) in [5.41, 5.74) is 0.272. The van der Waals surface area contributed by atoms with Crippen LogP contribution < -0.4 is 4.74 Å². The molecule has 0 radical (unpaired) electrons. The fourth-order valence-corrected chi connectivity index (χ4v) is 1.92. The summed E-state index contributed by atoms with van der Waals surface area (Å²) in [4.78, 5) is 18.5. The van der Waals surface area contributed by atoms with E-state index in [2.05, 4.69) is 9.97 Å². The standard InChI is InChI=1S/C12H8Cl2N2O3/c13-7-1-8(14)3-9(2-7)19-5-11-10(12(17)18)4-15-6-16-11/h1-4,6H,5H2,(H,17,18). The molecule has 2 aromatic rings. The molecule has 1 heterocycles. The van der Waals surface area contributed by atoms with Gasteiger partial charge in [0.2, 0.25) is 0 Å². The molecule has 0 fully saturated rings. The maximum atomic E-state index is 11.0. The van der Waals surface area contributed by atoms with E-state index < -0.39 is 5.97 Å². The average molecular weight is 299 g/mol. The van der Waals surface area contributed by atoms with Crippen molar-refractivity contribution in [2.75, 3.05) is 0 Å². The number of carbonyl (C=O) groups is 1. The van der Waals surface area contributed by atoms with Crippen LogP contribution in [0.3, 0.4) is 0 Å². The number of benzene rings is 1. The first-order valence-corrected chi connectivity index (χ1v) is 5.93. The number of hydrogen-bond acceptors (Lipinski definition) is 4. The van der Waals surface area contributed by atoms with Gasteiger partial charge in [-0.2, -0.15) is 0 Å². The summed E-state index contributed by atoms with van der Waals surface area (Å²) in [6, 6.07) is 4.73. The zero-order valence-corrected chi connectivity index (χ0v) is 11.0. The van der Waals surface area contributed by atoms with Gasteiger partial charge in [-0.25, -0.2) is 14.8 Å². The van der Waals surface area contributed by atoms with Crippen molar-refractivity contribution in [3.05, 3.63) is 52.0 Å². The molecule has 0 saturated carbocycles. The van der Waals surface area contributed by atoms with Crippen molar-refractivity contribution in [3.63, 3.8) is 0 Å². The highest BCUT2D eigenvalue weighted by Gasteiger charge is 2.12. The minimum atomic E-state index is -1.11. The van der Waals surface area contributed by atoms with Gasteiger partial charge in [-0.3, -0.25) is 0 Å². The van der Waals surface area contributed by atoms with Crippen molar-refractivity contribution in [1.29, 1.82) is 0 Å². The summed E-state index contributed by atoms with van der Waals surface area (Å²) < 4.78 is 5.42. The number of rotatable bonds is 4. The van der Waals surface area contributed by atoms with Crippen LogP contribution in [0.5, 0.6) is 5.75 Å². The molecule has 0 atom stereocenters. The van der Waals surface area contributed by atoms with Gasteiger partial charge in [-0.15, -0.1) is 0 Å². The fourth-order valence-electron chi connectivity index (χ4n) is 1.41. The first kappa shape index (κ1) is 13.6. The van der Waals surface area contributed by atoms with Gasteiger partial charge in [0.15, 0.2) is 0 Å². The minimum absolute atomic E-state index is 0.00405. The summed E-state index contributed by atoms with van der Waals surface area (Å²) in [5.74, 6) is -0.671. The first-order valence-electron chi connectivity index (χ1n) is 5.17. The normalized spacial score (nSPS) is 10.2. The van der Waals surface area contributed by atoms with Gasteiger partial charge in [0.25, 0.3) is 0 Å². The minimum Gasteiger partial charge on any atom is -0.487 e.